The molecule has 0 aliphatic heterocycles. The van der Waals surface area contributed by atoms with Gasteiger partial charge in [-0.15, -0.1) is 0 Å². The Balaban J connectivity index is 2.42. The molecule has 0 atom stereocenters. The van der Waals surface area contributed by atoms with Crippen LogP contribution in [0.15, 0.2) is 30.5 Å². The zero-order valence-corrected chi connectivity index (χ0v) is 11.2. The van der Waals surface area contributed by atoms with Crippen LogP contribution in [0.5, 0.6) is 11.6 Å². The summed E-state index contributed by atoms with van der Waals surface area (Å²) in [4.78, 5) is 14.6. The summed E-state index contributed by atoms with van der Waals surface area (Å²) in [5, 5.41) is 20.1. The van der Waals surface area contributed by atoms with Crippen LogP contribution < -0.4 is 4.74 Å². The summed E-state index contributed by atoms with van der Waals surface area (Å²) in [6.45, 7) is 3.39. The smallest absolute Gasteiger partial charge is 0.311 e. The van der Waals surface area contributed by atoms with Crippen LogP contribution in [0.3, 0.4) is 0 Å². The molecule has 0 bridgehead atoms. The Morgan fingerprint density at radius 2 is 2.10 bits per heavy atom. The molecule has 1 aromatic heterocycles. The average Bonchev–Trinajstić information content (AvgIpc) is 2.42. The SMILES string of the molecule is Cc1cc(CO)cnc1Oc1c(C)cccc1[N+](=O)[O-]. The van der Waals surface area contributed by atoms with Gasteiger partial charge in [0, 0.05) is 17.8 Å². The Morgan fingerprint density at radius 3 is 2.70 bits per heavy atom. The highest BCUT2D eigenvalue weighted by atomic mass is 16.6. The maximum Gasteiger partial charge on any atom is 0.311 e. The van der Waals surface area contributed by atoms with Gasteiger partial charge in [-0.05, 0) is 31.0 Å². The van der Waals surface area contributed by atoms with E-state index in [1.807, 2.05) is 0 Å². The third kappa shape index (κ3) is 2.75. The second-order valence-corrected chi connectivity index (χ2v) is 4.41. The van der Waals surface area contributed by atoms with E-state index >= 15 is 0 Å². The topological polar surface area (TPSA) is 85.5 Å². The van der Waals surface area contributed by atoms with E-state index in [0.717, 1.165) is 0 Å². The van der Waals surface area contributed by atoms with Crippen molar-refractivity contribution in [1.29, 1.82) is 0 Å². The third-order valence-electron chi connectivity index (χ3n) is 2.86. The van der Waals surface area contributed by atoms with Crippen molar-refractivity contribution in [1.82, 2.24) is 4.98 Å². The molecule has 1 heterocycles. The number of benzene rings is 1. The quantitative estimate of drug-likeness (QED) is 0.684. The predicted molar refractivity (Wildman–Crippen MR) is 72.8 cm³/mol. The maximum atomic E-state index is 11.0. The van der Waals surface area contributed by atoms with Crippen molar-refractivity contribution in [3.8, 4) is 11.6 Å². The van der Waals surface area contributed by atoms with Crippen LogP contribution in [0, 0.1) is 24.0 Å². The molecule has 1 N–H and O–H groups in total. The fraction of sp³-hybridized carbons (Fsp3) is 0.214. The molecule has 0 aliphatic carbocycles. The lowest BCUT2D eigenvalue weighted by molar-refractivity contribution is -0.385. The highest BCUT2D eigenvalue weighted by molar-refractivity contribution is 5.53. The monoisotopic (exact) mass is 274 g/mol. The number of hydrogen-bond donors (Lipinski definition) is 1. The number of aryl methyl sites for hydroxylation is 2. The number of nitrogens with zero attached hydrogens (tertiary/aromatic N) is 2. The maximum absolute atomic E-state index is 11.0. The second-order valence-electron chi connectivity index (χ2n) is 4.41. The number of pyridine rings is 1. The molecule has 0 spiro atoms. The van der Waals surface area contributed by atoms with Gasteiger partial charge in [0.2, 0.25) is 11.6 Å². The molecule has 0 amide bonds. The second kappa shape index (κ2) is 5.66. The van der Waals surface area contributed by atoms with Crippen molar-refractivity contribution in [3.05, 3.63) is 57.3 Å². The molecule has 1 aromatic carbocycles. The zero-order valence-electron chi connectivity index (χ0n) is 11.2. The van der Waals surface area contributed by atoms with E-state index in [-0.39, 0.29) is 18.0 Å². The Hall–Kier alpha value is -2.47. The van der Waals surface area contributed by atoms with Crippen LogP contribution in [0.25, 0.3) is 0 Å². The fourth-order valence-electron chi connectivity index (χ4n) is 1.82. The molecule has 0 saturated heterocycles. The van der Waals surface area contributed by atoms with Crippen molar-refractivity contribution in [2.45, 2.75) is 20.5 Å². The lowest BCUT2D eigenvalue weighted by atomic mass is 10.2. The molecule has 0 saturated carbocycles. The van der Waals surface area contributed by atoms with Gasteiger partial charge in [-0.25, -0.2) is 4.98 Å². The Labute approximate surface area is 115 Å². The Bertz CT molecular complexity index is 656. The van der Waals surface area contributed by atoms with Crippen LogP contribution in [0.2, 0.25) is 0 Å². The fourth-order valence-corrected chi connectivity index (χ4v) is 1.82. The molecule has 20 heavy (non-hydrogen) atoms. The van der Waals surface area contributed by atoms with Crippen LogP contribution in [0.4, 0.5) is 5.69 Å². The summed E-state index contributed by atoms with van der Waals surface area (Å²) in [6, 6.07) is 6.46. The van der Waals surface area contributed by atoms with Crippen molar-refractivity contribution in [3.63, 3.8) is 0 Å². The molecular weight excluding hydrogens is 260 g/mol. The van der Waals surface area contributed by atoms with Crippen LogP contribution in [-0.4, -0.2) is 15.0 Å². The van der Waals surface area contributed by atoms with Gasteiger partial charge in [-0.3, -0.25) is 10.1 Å². The summed E-state index contributed by atoms with van der Waals surface area (Å²) in [5.41, 5.74) is 1.92. The molecule has 0 unspecified atom stereocenters. The Kier molecular flexibility index (Phi) is 3.95. The van der Waals surface area contributed by atoms with Gasteiger partial charge in [0.05, 0.1) is 11.5 Å². The number of hydrogen-bond acceptors (Lipinski definition) is 5. The number of nitro benzene ring substituents is 1. The normalized spacial score (nSPS) is 10.3. The Morgan fingerprint density at radius 1 is 1.35 bits per heavy atom. The molecule has 2 rings (SSSR count). The minimum Gasteiger partial charge on any atom is -0.431 e. The number of rotatable bonds is 4. The first-order chi connectivity index (χ1) is 9.52. The molecule has 0 radical (unpaired) electrons. The van der Waals surface area contributed by atoms with Crippen molar-refractivity contribution < 1.29 is 14.8 Å². The molecule has 0 fully saturated rings. The minimum atomic E-state index is -0.486. The van der Waals surface area contributed by atoms with Gasteiger partial charge < -0.3 is 9.84 Å². The van der Waals surface area contributed by atoms with E-state index in [0.29, 0.717) is 22.6 Å². The van der Waals surface area contributed by atoms with Gasteiger partial charge in [-0.1, -0.05) is 12.1 Å². The lowest BCUT2D eigenvalue weighted by Gasteiger charge is -2.10. The van der Waals surface area contributed by atoms with Gasteiger partial charge in [0.15, 0.2) is 0 Å². The highest BCUT2D eigenvalue weighted by Crippen LogP contribution is 2.34. The number of aliphatic hydroxyl groups excluding tert-OH is 1. The van der Waals surface area contributed by atoms with Crippen LogP contribution in [0.1, 0.15) is 16.7 Å². The molecule has 0 aliphatic rings. The summed E-state index contributed by atoms with van der Waals surface area (Å²) in [5.74, 6) is 0.476. The molecule has 6 heteroatoms. The van der Waals surface area contributed by atoms with E-state index in [4.69, 9.17) is 9.84 Å². The van der Waals surface area contributed by atoms with Crippen molar-refractivity contribution in [2.75, 3.05) is 0 Å². The van der Waals surface area contributed by atoms with E-state index in [1.165, 1.54) is 12.3 Å². The number of para-hydroxylation sites is 1. The van der Waals surface area contributed by atoms with Crippen LogP contribution >= 0.6 is 0 Å². The molecule has 2 aromatic rings. The van der Waals surface area contributed by atoms with Gasteiger partial charge in [0.25, 0.3) is 0 Å². The number of aromatic nitrogens is 1. The molecule has 6 nitrogen and oxygen atoms in total. The first-order valence-electron chi connectivity index (χ1n) is 6.01. The molecular formula is C14H14N2O4. The third-order valence-corrected chi connectivity index (χ3v) is 2.86. The summed E-state index contributed by atoms with van der Waals surface area (Å²) in [6.07, 6.45) is 1.48. The standard InChI is InChI=1S/C14H14N2O4/c1-9-4-3-5-12(16(18)19)13(9)20-14-10(2)6-11(8-17)7-15-14/h3-7,17H,8H2,1-2H3. The largest absolute Gasteiger partial charge is 0.431 e. The van der Waals surface area contributed by atoms with Crippen molar-refractivity contribution >= 4 is 5.69 Å². The van der Waals surface area contributed by atoms with Crippen LogP contribution in [-0.2, 0) is 6.61 Å². The summed E-state index contributed by atoms with van der Waals surface area (Å²) < 4.78 is 5.60. The summed E-state index contributed by atoms with van der Waals surface area (Å²) >= 11 is 0. The predicted octanol–water partition coefficient (Wildman–Crippen LogP) is 2.89. The van der Waals surface area contributed by atoms with Crippen molar-refractivity contribution in [2.24, 2.45) is 0 Å². The van der Waals surface area contributed by atoms with E-state index in [2.05, 4.69) is 4.98 Å². The lowest BCUT2D eigenvalue weighted by Crippen LogP contribution is -1.99. The first kappa shape index (κ1) is 14.0. The van der Waals surface area contributed by atoms with Gasteiger partial charge in [-0.2, -0.15) is 0 Å². The van der Waals surface area contributed by atoms with Gasteiger partial charge in [0.1, 0.15) is 0 Å². The number of aliphatic hydroxyl groups is 1. The highest BCUT2D eigenvalue weighted by Gasteiger charge is 2.19. The zero-order chi connectivity index (χ0) is 14.7. The average molecular weight is 274 g/mol. The number of nitro groups is 1. The minimum absolute atomic E-state index is 0.0996. The van der Waals surface area contributed by atoms with E-state index in [9.17, 15) is 10.1 Å². The van der Waals surface area contributed by atoms with E-state index < -0.39 is 4.92 Å². The number of ether oxygens (including phenoxy) is 1. The summed E-state index contributed by atoms with van der Waals surface area (Å²) in [7, 11) is 0. The van der Waals surface area contributed by atoms with Gasteiger partial charge >= 0.3 is 5.69 Å². The first-order valence-corrected chi connectivity index (χ1v) is 6.01. The molecule has 104 valence electrons. The van der Waals surface area contributed by atoms with E-state index in [1.54, 1.807) is 32.0 Å².